The highest BCUT2D eigenvalue weighted by atomic mass is 35.5. The number of aromatic nitrogens is 2. The number of esters is 1. The maximum absolute atomic E-state index is 11.5. The molecule has 1 fully saturated rings. The van der Waals surface area contributed by atoms with Crippen molar-refractivity contribution < 1.29 is 14.1 Å². The third-order valence-corrected chi connectivity index (χ3v) is 3.39. The highest BCUT2D eigenvalue weighted by Crippen LogP contribution is 2.24. The molecule has 6 nitrogen and oxygen atoms in total. The summed E-state index contributed by atoms with van der Waals surface area (Å²) >= 11 is 0. The molecule has 21 heavy (non-hydrogen) atoms. The lowest BCUT2D eigenvalue weighted by Gasteiger charge is -2.00. The van der Waals surface area contributed by atoms with Crippen LogP contribution in [0.3, 0.4) is 0 Å². The standard InChI is InChI=1S/C14H15N3O3.ClH/c1-19-14(18)10-4-2-3-9(7-10)12-16-13(20-17-12)11-5-6-15-8-11;/h2-4,7,11,15H,5-6,8H2,1H3;1H/t11-;/m0./s1. The molecule has 1 aliphatic rings. The first-order chi connectivity index (χ1) is 9.78. The number of nitrogens with one attached hydrogen (secondary N) is 1. The molecule has 1 saturated heterocycles. The number of methoxy groups -OCH3 is 1. The van der Waals surface area contributed by atoms with Gasteiger partial charge in [0.25, 0.3) is 0 Å². The van der Waals surface area contributed by atoms with Gasteiger partial charge in [0.1, 0.15) is 0 Å². The Bertz CT molecular complexity index is 623. The van der Waals surface area contributed by atoms with E-state index in [9.17, 15) is 4.79 Å². The normalized spacial score (nSPS) is 17.3. The minimum Gasteiger partial charge on any atom is -0.465 e. The van der Waals surface area contributed by atoms with Crippen LogP contribution in [0.15, 0.2) is 28.8 Å². The number of benzene rings is 1. The van der Waals surface area contributed by atoms with E-state index in [1.54, 1.807) is 18.2 Å². The number of nitrogens with zero attached hydrogens (tertiary/aromatic N) is 2. The minimum absolute atomic E-state index is 0. The third kappa shape index (κ3) is 3.22. The summed E-state index contributed by atoms with van der Waals surface area (Å²) in [6.45, 7) is 1.84. The first-order valence-electron chi connectivity index (χ1n) is 6.51. The van der Waals surface area contributed by atoms with Gasteiger partial charge in [0, 0.05) is 12.1 Å². The van der Waals surface area contributed by atoms with Gasteiger partial charge in [0.15, 0.2) is 0 Å². The summed E-state index contributed by atoms with van der Waals surface area (Å²) in [6.07, 6.45) is 1.00. The fourth-order valence-corrected chi connectivity index (χ4v) is 2.29. The van der Waals surface area contributed by atoms with Gasteiger partial charge in [-0.15, -0.1) is 12.4 Å². The van der Waals surface area contributed by atoms with E-state index in [2.05, 4.69) is 15.5 Å². The van der Waals surface area contributed by atoms with Crippen LogP contribution in [0.2, 0.25) is 0 Å². The molecule has 0 aliphatic carbocycles. The van der Waals surface area contributed by atoms with Crippen molar-refractivity contribution in [3.63, 3.8) is 0 Å². The van der Waals surface area contributed by atoms with E-state index in [-0.39, 0.29) is 24.3 Å². The predicted molar refractivity (Wildman–Crippen MR) is 78.5 cm³/mol. The largest absolute Gasteiger partial charge is 0.465 e. The number of ether oxygens (including phenoxy) is 1. The van der Waals surface area contributed by atoms with Crippen LogP contribution < -0.4 is 5.32 Å². The Morgan fingerprint density at radius 2 is 2.33 bits per heavy atom. The Hall–Kier alpha value is -1.92. The van der Waals surface area contributed by atoms with E-state index < -0.39 is 0 Å². The molecule has 0 amide bonds. The third-order valence-electron chi connectivity index (χ3n) is 3.39. The lowest BCUT2D eigenvalue weighted by atomic mass is 10.1. The number of carbonyl (C=O) groups is 1. The van der Waals surface area contributed by atoms with Crippen molar-refractivity contribution in [2.24, 2.45) is 0 Å². The molecule has 0 radical (unpaired) electrons. The highest BCUT2D eigenvalue weighted by molar-refractivity contribution is 5.90. The molecule has 1 atom stereocenters. The van der Waals surface area contributed by atoms with Gasteiger partial charge in [-0.2, -0.15) is 4.98 Å². The number of carbonyl (C=O) groups excluding carboxylic acids is 1. The van der Waals surface area contributed by atoms with Crippen molar-refractivity contribution in [3.05, 3.63) is 35.7 Å². The zero-order valence-electron chi connectivity index (χ0n) is 11.5. The summed E-state index contributed by atoms with van der Waals surface area (Å²) in [5.74, 6) is 1.04. The summed E-state index contributed by atoms with van der Waals surface area (Å²) in [6, 6.07) is 7.01. The summed E-state index contributed by atoms with van der Waals surface area (Å²) < 4.78 is 10.0. The van der Waals surface area contributed by atoms with Crippen molar-refractivity contribution in [2.45, 2.75) is 12.3 Å². The van der Waals surface area contributed by atoms with Gasteiger partial charge in [-0.1, -0.05) is 17.3 Å². The Morgan fingerprint density at radius 1 is 1.48 bits per heavy atom. The molecule has 0 saturated carbocycles. The van der Waals surface area contributed by atoms with Crippen molar-refractivity contribution in [3.8, 4) is 11.4 Å². The first kappa shape index (κ1) is 15.5. The van der Waals surface area contributed by atoms with Crippen LogP contribution in [0.4, 0.5) is 0 Å². The van der Waals surface area contributed by atoms with Gasteiger partial charge in [-0.05, 0) is 25.1 Å². The Labute approximate surface area is 128 Å². The van der Waals surface area contributed by atoms with Crippen molar-refractivity contribution in [1.29, 1.82) is 0 Å². The molecule has 2 heterocycles. The monoisotopic (exact) mass is 309 g/mol. The Kier molecular flexibility index (Phi) is 4.93. The second-order valence-electron chi connectivity index (χ2n) is 4.72. The smallest absolute Gasteiger partial charge is 0.337 e. The second-order valence-corrected chi connectivity index (χ2v) is 4.72. The predicted octanol–water partition coefficient (Wildman–Crippen LogP) is 2.02. The van der Waals surface area contributed by atoms with Crippen molar-refractivity contribution >= 4 is 18.4 Å². The molecule has 0 unspecified atom stereocenters. The zero-order valence-corrected chi connectivity index (χ0v) is 12.4. The lowest BCUT2D eigenvalue weighted by Crippen LogP contribution is -2.08. The molecule has 1 aliphatic heterocycles. The topological polar surface area (TPSA) is 77.2 Å². The van der Waals surface area contributed by atoms with Crippen LogP contribution in [-0.4, -0.2) is 36.3 Å². The van der Waals surface area contributed by atoms with E-state index in [1.165, 1.54) is 7.11 Å². The second kappa shape index (κ2) is 6.69. The van der Waals surface area contributed by atoms with Crippen LogP contribution in [0.5, 0.6) is 0 Å². The number of halogens is 1. The molecule has 112 valence electrons. The lowest BCUT2D eigenvalue weighted by molar-refractivity contribution is 0.0601. The van der Waals surface area contributed by atoms with Crippen molar-refractivity contribution in [1.82, 2.24) is 15.5 Å². The molecular weight excluding hydrogens is 294 g/mol. The molecule has 0 spiro atoms. The summed E-state index contributed by atoms with van der Waals surface area (Å²) in [5.41, 5.74) is 1.22. The SMILES string of the molecule is COC(=O)c1cccc(-c2noc([C@H]3CCNC3)n2)c1.Cl. The average Bonchev–Trinajstić information content (AvgIpc) is 3.17. The van der Waals surface area contributed by atoms with Gasteiger partial charge >= 0.3 is 5.97 Å². The van der Waals surface area contributed by atoms with Crippen LogP contribution in [-0.2, 0) is 4.74 Å². The zero-order chi connectivity index (χ0) is 13.9. The molecule has 0 bridgehead atoms. The molecule has 3 rings (SSSR count). The molecule has 1 aromatic heterocycles. The van der Waals surface area contributed by atoms with E-state index in [0.717, 1.165) is 25.1 Å². The Balaban J connectivity index is 0.00000161. The Morgan fingerprint density at radius 3 is 3.05 bits per heavy atom. The summed E-state index contributed by atoms with van der Waals surface area (Å²) in [5, 5.41) is 7.25. The minimum atomic E-state index is -0.379. The fourth-order valence-electron chi connectivity index (χ4n) is 2.29. The quantitative estimate of drug-likeness (QED) is 0.874. The summed E-state index contributed by atoms with van der Waals surface area (Å²) in [4.78, 5) is 15.9. The average molecular weight is 310 g/mol. The van der Waals surface area contributed by atoms with Gasteiger partial charge in [0.05, 0.1) is 18.6 Å². The molecule has 1 aromatic carbocycles. The molecule has 7 heteroatoms. The van der Waals surface area contributed by atoms with Crippen LogP contribution in [0.1, 0.15) is 28.6 Å². The number of hydrogen-bond acceptors (Lipinski definition) is 6. The number of hydrogen-bond donors (Lipinski definition) is 1. The van der Waals surface area contributed by atoms with E-state index in [0.29, 0.717) is 17.3 Å². The molecule has 1 N–H and O–H groups in total. The van der Waals surface area contributed by atoms with Gasteiger partial charge in [0.2, 0.25) is 11.7 Å². The maximum Gasteiger partial charge on any atom is 0.337 e. The fraction of sp³-hybridized carbons (Fsp3) is 0.357. The van der Waals surface area contributed by atoms with Gasteiger partial charge in [-0.3, -0.25) is 0 Å². The van der Waals surface area contributed by atoms with Gasteiger partial charge in [-0.25, -0.2) is 4.79 Å². The van der Waals surface area contributed by atoms with Crippen LogP contribution in [0, 0.1) is 0 Å². The molecule has 2 aromatic rings. The molecular formula is C14H16ClN3O3. The maximum atomic E-state index is 11.5. The van der Waals surface area contributed by atoms with Crippen LogP contribution in [0.25, 0.3) is 11.4 Å². The van der Waals surface area contributed by atoms with Crippen LogP contribution >= 0.6 is 12.4 Å². The van der Waals surface area contributed by atoms with Crippen molar-refractivity contribution in [2.75, 3.05) is 20.2 Å². The highest BCUT2D eigenvalue weighted by Gasteiger charge is 2.23. The van der Waals surface area contributed by atoms with E-state index in [1.807, 2.05) is 6.07 Å². The van der Waals surface area contributed by atoms with E-state index in [4.69, 9.17) is 9.26 Å². The summed E-state index contributed by atoms with van der Waals surface area (Å²) in [7, 11) is 1.36. The van der Waals surface area contributed by atoms with Gasteiger partial charge < -0.3 is 14.6 Å². The number of rotatable bonds is 3. The first-order valence-corrected chi connectivity index (χ1v) is 6.51. The van der Waals surface area contributed by atoms with E-state index >= 15 is 0 Å².